The van der Waals surface area contributed by atoms with Gasteiger partial charge in [0.15, 0.2) is 0 Å². The number of halogens is 1. The van der Waals surface area contributed by atoms with Crippen LogP contribution in [0.4, 0.5) is 0 Å². The summed E-state index contributed by atoms with van der Waals surface area (Å²) in [5, 5.41) is 0. The SMILES string of the molecule is CCC(CCl)CC1CSc2ccccc21. The Morgan fingerprint density at radius 1 is 1.47 bits per heavy atom. The van der Waals surface area contributed by atoms with Crippen LogP contribution in [0.5, 0.6) is 0 Å². The number of fused-ring (bicyclic) bond motifs is 1. The minimum Gasteiger partial charge on any atom is -0.126 e. The molecule has 0 amide bonds. The van der Waals surface area contributed by atoms with E-state index in [0.717, 1.165) is 11.8 Å². The van der Waals surface area contributed by atoms with Crippen molar-refractivity contribution in [3.63, 3.8) is 0 Å². The first kappa shape index (κ1) is 11.3. The summed E-state index contributed by atoms with van der Waals surface area (Å²) in [5.74, 6) is 3.46. The summed E-state index contributed by atoms with van der Waals surface area (Å²) >= 11 is 7.96. The van der Waals surface area contributed by atoms with Gasteiger partial charge < -0.3 is 0 Å². The molecule has 1 aliphatic rings. The molecule has 2 heteroatoms. The van der Waals surface area contributed by atoms with Crippen LogP contribution in [0.2, 0.25) is 0 Å². The predicted octanol–water partition coefficient (Wildman–Crippen LogP) is 4.53. The van der Waals surface area contributed by atoms with Crippen LogP contribution in [0.15, 0.2) is 29.2 Å². The Morgan fingerprint density at radius 2 is 2.27 bits per heavy atom. The molecule has 0 saturated carbocycles. The normalized spacial score (nSPS) is 21.3. The first-order chi connectivity index (χ1) is 7.35. The van der Waals surface area contributed by atoms with Gasteiger partial charge in [-0.1, -0.05) is 31.5 Å². The molecule has 1 aliphatic heterocycles. The van der Waals surface area contributed by atoms with E-state index < -0.39 is 0 Å². The molecular formula is C13H17ClS. The Bertz CT molecular complexity index is 320. The molecule has 15 heavy (non-hydrogen) atoms. The molecule has 2 atom stereocenters. The van der Waals surface area contributed by atoms with Crippen LogP contribution in [0.3, 0.4) is 0 Å². The molecule has 0 bridgehead atoms. The van der Waals surface area contributed by atoms with E-state index in [0.29, 0.717) is 5.92 Å². The predicted molar refractivity (Wildman–Crippen MR) is 69.0 cm³/mol. The molecular weight excluding hydrogens is 224 g/mol. The van der Waals surface area contributed by atoms with Crippen molar-refractivity contribution in [1.29, 1.82) is 0 Å². The highest BCUT2D eigenvalue weighted by Gasteiger charge is 2.24. The number of rotatable bonds is 4. The molecule has 0 saturated heterocycles. The summed E-state index contributed by atoms with van der Waals surface area (Å²) in [6.45, 7) is 2.24. The maximum Gasteiger partial charge on any atom is 0.0251 e. The third kappa shape index (κ3) is 2.51. The van der Waals surface area contributed by atoms with Crippen LogP contribution >= 0.6 is 23.4 Å². The van der Waals surface area contributed by atoms with Crippen molar-refractivity contribution in [2.75, 3.05) is 11.6 Å². The second kappa shape index (κ2) is 5.27. The van der Waals surface area contributed by atoms with Gasteiger partial charge in [-0.2, -0.15) is 0 Å². The smallest absolute Gasteiger partial charge is 0.0251 e. The summed E-state index contributed by atoms with van der Waals surface area (Å²) in [4.78, 5) is 1.48. The molecule has 2 unspecified atom stereocenters. The number of benzene rings is 1. The molecule has 1 aromatic carbocycles. The fourth-order valence-electron chi connectivity index (χ4n) is 2.17. The van der Waals surface area contributed by atoms with Crippen LogP contribution in [0.25, 0.3) is 0 Å². The van der Waals surface area contributed by atoms with Crippen molar-refractivity contribution in [3.05, 3.63) is 29.8 Å². The van der Waals surface area contributed by atoms with Crippen molar-refractivity contribution in [1.82, 2.24) is 0 Å². The first-order valence-electron chi connectivity index (χ1n) is 5.62. The van der Waals surface area contributed by atoms with Gasteiger partial charge in [-0.05, 0) is 29.9 Å². The van der Waals surface area contributed by atoms with Crippen LogP contribution in [-0.4, -0.2) is 11.6 Å². The Kier molecular flexibility index (Phi) is 3.99. The number of hydrogen-bond acceptors (Lipinski definition) is 1. The highest BCUT2D eigenvalue weighted by Crippen LogP contribution is 2.42. The van der Waals surface area contributed by atoms with Gasteiger partial charge in [0.1, 0.15) is 0 Å². The molecule has 0 spiro atoms. The molecule has 0 N–H and O–H groups in total. The monoisotopic (exact) mass is 240 g/mol. The molecule has 0 fully saturated rings. The molecule has 0 radical (unpaired) electrons. The van der Waals surface area contributed by atoms with Crippen molar-refractivity contribution >= 4 is 23.4 Å². The zero-order valence-electron chi connectivity index (χ0n) is 9.08. The summed E-state index contributed by atoms with van der Waals surface area (Å²) in [7, 11) is 0. The molecule has 2 rings (SSSR count). The minimum absolute atomic E-state index is 0.684. The maximum absolute atomic E-state index is 5.97. The van der Waals surface area contributed by atoms with Gasteiger partial charge in [0.2, 0.25) is 0 Å². The molecule has 0 aromatic heterocycles. The largest absolute Gasteiger partial charge is 0.126 e. The van der Waals surface area contributed by atoms with Crippen LogP contribution in [-0.2, 0) is 0 Å². The Hall–Kier alpha value is -0.140. The van der Waals surface area contributed by atoms with Crippen molar-refractivity contribution in [2.45, 2.75) is 30.6 Å². The van der Waals surface area contributed by atoms with Gasteiger partial charge in [-0.3, -0.25) is 0 Å². The summed E-state index contributed by atoms with van der Waals surface area (Å²) in [6.07, 6.45) is 2.46. The molecule has 0 nitrogen and oxygen atoms in total. The second-order valence-corrected chi connectivity index (χ2v) is 5.58. The first-order valence-corrected chi connectivity index (χ1v) is 7.14. The van der Waals surface area contributed by atoms with E-state index in [1.54, 1.807) is 5.56 Å². The van der Waals surface area contributed by atoms with Crippen molar-refractivity contribution in [3.8, 4) is 0 Å². The lowest BCUT2D eigenvalue weighted by Gasteiger charge is -2.16. The summed E-state index contributed by atoms with van der Waals surface area (Å²) in [6, 6.07) is 8.80. The number of hydrogen-bond donors (Lipinski definition) is 0. The van der Waals surface area contributed by atoms with E-state index in [4.69, 9.17) is 11.6 Å². The molecule has 0 aliphatic carbocycles. The quantitative estimate of drug-likeness (QED) is 0.697. The zero-order valence-corrected chi connectivity index (χ0v) is 10.7. The minimum atomic E-state index is 0.684. The lowest BCUT2D eigenvalue weighted by Crippen LogP contribution is -2.08. The van der Waals surface area contributed by atoms with Crippen molar-refractivity contribution in [2.24, 2.45) is 5.92 Å². The van der Waals surface area contributed by atoms with Crippen LogP contribution < -0.4 is 0 Å². The van der Waals surface area contributed by atoms with E-state index in [-0.39, 0.29) is 0 Å². The van der Waals surface area contributed by atoms with Gasteiger partial charge in [0, 0.05) is 16.5 Å². The van der Waals surface area contributed by atoms with E-state index in [2.05, 4.69) is 31.2 Å². The van der Waals surface area contributed by atoms with Gasteiger partial charge in [0.05, 0.1) is 0 Å². The molecule has 82 valence electrons. The Morgan fingerprint density at radius 3 is 3.00 bits per heavy atom. The lowest BCUT2D eigenvalue weighted by atomic mass is 9.90. The highest BCUT2D eigenvalue weighted by molar-refractivity contribution is 7.99. The second-order valence-electron chi connectivity index (χ2n) is 4.21. The Labute approximate surface area is 101 Å². The summed E-state index contributed by atoms with van der Waals surface area (Å²) < 4.78 is 0. The number of thioether (sulfide) groups is 1. The highest BCUT2D eigenvalue weighted by atomic mass is 35.5. The molecule has 1 heterocycles. The van der Waals surface area contributed by atoms with E-state index >= 15 is 0 Å². The van der Waals surface area contributed by atoms with Crippen LogP contribution in [0, 0.1) is 5.92 Å². The Balaban J connectivity index is 2.07. The van der Waals surface area contributed by atoms with Gasteiger partial charge in [-0.15, -0.1) is 23.4 Å². The average molecular weight is 241 g/mol. The van der Waals surface area contributed by atoms with Gasteiger partial charge in [0.25, 0.3) is 0 Å². The van der Waals surface area contributed by atoms with Crippen molar-refractivity contribution < 1.29 is 0 Å². The lowest BCUT2D eigenvalue weighted by molar-refractivity contribution is 0.480. The van der Waals surface area contributed by atoms with E-state index in [9.17, 15) is 0 Å². The summed E-state index contributed by atoms with van der Waals surface area (Å²) in [5.41, 5.74) is 1.55. The van der Waals surface area contributed by atoms with E-state index in [1.165, 1.54) is 23.5 Å². The molecule has 1 aromatic rings. The van der Waals surface area contributed by atoms with E-state index in [1.807, 2.05) is 11.8 Å². The number of alkyl halides is 1. The third-order valence-electron chi connectivity index (χ3n) is 3.21. The topological polar surface area (TPSA) is 0 Å². The standard InChI is InChI=1S/C13H17ClS/c1-2-10(8-14)7-11-9-15-13-6-4-3-5-12(11)13/h3-6,10-11H,2,7-9H2,1H3. The third-order valence-corrected chi connectivity index (χ3v) is 4.90. The fraction of sp³-hybridized carbons (Fsp3) is 0.538. The van der Waals surface area contributed by atoms with Gasteiger partial charge >= 0.3 is 0 Å². The van der Waals surface area contributed by atoms with Crippen LogP contribution in [0.1, 0.15) is 31.2 Å². The van der Waals surface area contributed by atoms with Gasteiger partial charge in [-0.25, -0.2) is 0 Å². The average Bonchev–Trinajstić information content (AvgIpc) is 2.69. The fourth-order valence-corrected chi connectivity index (χ4v) is 3.78. The maximum atomic E-state index is 5.97. The zero-order chi connectivity index (χ0) is 10.7.